The van der Waals surface area contributed by atoms with Gasteiger partial charge in [0.2, 0.25) is 0 Å². The Balaban J connectivity index is 1.66. The molecule has 2 heterocycles. The van der Waals surface area contributed by atoms with E-state index in [1.165, 1.54) is 17.1 Å². The Morgan fingerprint density at radius 2 is 1.78 bits per heavy atom. The van der Waals surface area contributed by atoms with Crippen LogP contribution in [-0.4, -0.2) is 36.7 Å². The molecule has 9 nitrogen and oxygen atoms in total. The summed E-state index contributed by atoms with van der Waals surface area (Å²) in [7, 11) is 0. The highest BCUT2D eigenvalue weighted by Crippen LogP contribution is 2.28. The quantitative estimate of drug-likeness (QED) is 0.218. The fraction of sp³-hybridized carbons (Fsp3) is 0.185. The smallest absolute Gasteiger partial charge is 0.343 e. The van der Waals surface area contributed by atoms with E-state index >= 15 is 0 Å². The zero-order chi connectivity index (χ0) is 25.4. The highest BCUT2D eigenvalue weighted by Gasteiger charge is 2.24. The molecule has 0 aliphatic rings. The van der Waals surface area contributed by atoms with Gasteiger partial charge in [0.05, 0.1) is 11.8 Å². The molecule has 2 aromatic heterocycles. The van der Waals surface area contributed by atoms with E-state index in [9.17, 15) is 9.59 Å². The van der Waals surface area contributed by atoms with Crippen molar-refractivity contribution in [1.82, 2.24) is 24.5 Å². The number of hydrogen-bond donors (Lipinski definition) is 0. The number of benzene rings is 3. The monoisotopic (exact) mass is 480 g/mol. The topological polar surface area (TPSA) is 104 Å². The van der Waals surface area contributed by atoms with Crippen molar-refractivity contribution < 1.29 is 9.53 Å². The standard InChI is InChI=1S/C27H24N6O3/c1-17-9-5-7-11-19(17)25(35)36-22-14-13-18-10-6-8-12-20(18)21(22)15-29-33-24(34)23(27(2,3)4)31-32-16-28-30-26(32)33/h5-16H,1-4H3/b29-15+. The summed E-state index contributed by atoms with van der Waals surface area (Å²) < 4.78 is 8.41. The predicted molar refractivity (Wildman–Crippen MR) is 137 cm³/mol. The predicted octanol–water partition coefficient (Wildman–Crippen LogP) is 4.15. The SMILES string of the molecule is Cc1ccccc1C(=O)Oc1ccc2ccccc2c1/C=N/n1c(=O)c(C(C)(C)C)nn2cnnc12. The van der Waals surface area contributed by atoms with Gasteiger partial charge in [-0.25, -0.2) is 4.79 Å². The van der Waals surface area contributed by atoms with Crippen LogP contribution in [0.1, 0.15) is 48.0 Å². The molecule has 0 spiro atoms. The molecule has 180 valence electrons. The normalized spacial score (nSPS) is 12.0. The zero-order valence-electron chi connectivity index (χ0n) is 20.3. The lowest BCUT2D eigenvalue weighted by Gasteiger charge is -2.17. The van der Waals surface area contributed by atoms with E-state index in [1.807, 2.05) is 70.2 Å². The average Bonchev–Trinajstić information content (AvgIpc) is 3.32. The van der Waals surface area contributed by atoms with E-state index < -0.39 is 16.9 Å². The largest absolute Gasteiger partial charge is 0.422 e. The van der Waals surface area contributed by atoms with Gasteiger partial charge in [0, 0.05) is 11.0 Å². The number of aryl methyl sites for hydroxylation is 1. The number of carbonyl (C=O) groups excluding carboxylic acids is 1. The first-order valence-electron chi connectivity index (χ1n) is 11.4. The van der Waals surface area contributed by atoms with Crippen LogP contribution in [-0.2, 0) is 5.41 Å². The Labute approximate surface area is 206 Å². The lowest BCUT2D eigenvalue weighted by atomic mass is 9.93. The van der Waals surface area contributed by atoms with Crippen molar-refractivity contribution in [2.24, 2.45) is 5.10 Å². The molecule has 0 saturated heterocycles. The van der Waals surface area contributed by atoms with Crippen LogP contribution < -0.4 is 10.3 Å². The molecule has 0 unspecified atom stereocenters. The Hall–Kier alpha value is -4.66. The second-order valence-corrected chi connectivity index (χ2v) is 9.44. The van der Waals surface area contributed by atoms with Gasteiger partial charge in [0.25, 0.3) is 11.3 Å². The molecule has 9 heteroatoms. The third kappa shape index (κ3) is 4.15. The maximum Gasteiger partial charge on any atom is 0.343 e. The minimum absolute atomic E-state index is 0.169. The van der Waals surface area contributed by atoms with Crippen molar-refractivity contribution in [2.75, 3.05) is 0 Å². The highest BCUT2D eigenvalue weighted by atomic mass is 16.5. The Bertz CT molecular complexity index is 1710. The molecule has 36 heavy (non-hydrogen) atoms. The second-order valence-electron chi connectivity index (χ2n) is 9.44. The van der Waals surface area contributed by atoms with Crippen molar-refractivity contribution in [1.29, 1.82) is 0 Å². The van der Waals surface area contributed by atoms with Gasteiger partial charge < -0.3 is 4.74 Å². The van der Waals surface area contributed by atoms with Crippen LogP contribution in [0.4, 0.5) is 0 Å². The summed E-state index contributed by atoms with van der Waals surface area (Å²) in [5.74, 6) is 0.0123. The van der Waals surface area contributed by atoms with Gasteiger partial charge in [-0.2, -0.15) is 19.4 Å². The lowest BCUT2D eigenvalue weighted by Crippen LogP contribution is -2.33. The Morgan fingerprint density at radius 1 is 1.03 bits per heavy atom. The minimum atomic E-state index is -0.527. The van der Waals surface area contributed by atoms with E-state index in [0.29, 0.717) is 22.6 Å². The maximum absolute atomic E-state index is 13.3. The van der Waals surface area contributed by atoms with E-state index in [4.69, 9.17) is 4.74 Å². The lowest BCUT2D eigenvalue weighted by molar-refractivity contribution is 0.0734. The van der Waals surface area contributed by atoms with E-state index in [2.05, 4.69) is 20.4 Å². The van der Waals surface area contributed by atoms with Crippen LogP contribution in [0.25, 0.3) is 16.6 Å². The third-order valence-corrected chi connectivity index (χ3v) is 5.82. The van der Waals surface area contributed by atoms with E-state index in [1.54, 1.807) is 18.2 Å². The zero-order valence-corrected chi connectivity index (χ0v) is 20.3. The Kier molecular flexibility index (Phi) is 5.68. The first-order valence-corrected chi connectivity index (χ1v) is 11.4. The molecule has 0 bridgehead atoms. The molecular formula is C27H24N6O3. The summed E-state index contributed by atoms with van der Waals surface area (Å²) in [5, 5.41) is 18.5. The van der Waals surface area contributed by atoms with E-state index in [0.717, 1.165) is 21.0 Å². The molecule has 0 radical (unpaired) electrons. The van der Waals surface area contributed by atoms with Crippen molar-refractivity contribution in [3.05, 3.63) is 99.7 Å². The van der Waals surface area contributed by atoms with Crippen LogP contribution >= 0.6 is 0 Å². The van der Waals surface area contributed by atoms with E-state index in [-0.39, 0.29) is 5.78 Å². The molecule has 3 aromatic carbocycles. The molecule has 0 amide bonds. The van der Waals surface area contributed by atoms with Gasteiger partial charge in [-0.05, 0) is 35.4 Å². The number of aromatic nitrogens is 5. The number of carbonyl (C=O) groups is 1. The molecule has 5 aromatic rings. The van der Waals surface area contributed by atoms with Gasteiger partial charge in [0.1, 0.15) is 17.8 Å². The molecule has 0 aliphatic carbocycles. The van der Waals surface area contributed by atoms with Crippen molar-refractivity contribution in [3.8, 4) is 5.75 Å². The van der Waals surface area contributed by atoms with Crippen molar-refractivity contribution in [3.63, 3.8) is 0 Å². The number of rotatable bonds is 4. The van der Waals surface area contributed by atoms with Crippen LogP contribution in [0.5, 0.6) is 5.75 Å². The summed E-state index contributed by atoms with van der Waals surface area (Å²) in [6, 6.07) is 18.5. The second kappa shape index (κ2) is 8.84. The molecule has 0 N–H and O–H groups in total. The van der Waals surface area contributed by atoms with Crippen LogP contribution in [0.15, 0.2) is 76.9 Å². The van der Waals surface area contributed by atoms with Crippen LogP contribution in [0.2, 0.25) is 0 Å². The summed E-state index contributed by atoms with van der Waals surface area (Å²) >= 11 is 0. The first-order chi connectivity index (χ1) is 17.2. The van der Waals surface area contributed by atoms with Crippen molar-refractivity contribution >= 4 is 28.7 Å². The number of hydrogen-bond acceptors (Lipinski definition) is 7. The fourth-order valence-corrected chi connectivity index (χ4v) is 3.92. The van der Waals surface area contributed by atoms with Gasteiger partial charge in [-0.1, -0.05) is 69.3 Å². The summed E-state index contributed by atoms with van der Waals surface area (Å²) in [6.45, 7) is 7.55. The van der Waals surface area contributed by atoms with Gasteiger partial charge >= 0.3 is 5.97 Å². The average molecular weight is 481 g/mol. The molecule has 5 rings (SSSR count). The number of ether oxygens (including phenoxy) is 1. The van der Waals surface area contributed by atoms with Gasteiger partial charge in [-0.3, -0.25) is 4.79 Å². The summed E-state index contributed by atoms with van der Waals surface area (Å²) in [4.78, 5) is 26.3. The molecule has 0 aliphatic heterocycles. The summed E-state index contributed by atoms with van der Waals surface area (Å²) in [5.41, 5.74) is 1.22. The minimum Gasteiger partial charge on any atom is -0.422 e. The third-order valence-electron chi connectivity index (χ3n) is 5.82. The van der Waals surface area contributed by atoms with Crippen molar-refractivity contribution in [2.45, 2.75) is 33.1 Å². The van der Waals surface area contributed by atoms with Gasteiger partial charge in [-0.15, -0.1) is 10.2 Å². The molecule has 0 atom stereocenters. The maximum atomic E-state index is 13.3. The number of fused-ring (bicyclic) bond motifs is 2. The van der Waals surface area contributed by atoms with Gasteiger partial charge in [0.15, 0.2) is 0 Å². The molecule has 0 saturated carbocycles. The van der Waals surface area contributed by atoms with Crippen LogP contribution in [0.3, 0.4) is 0 Å². The Morgan fingerprint density at radius 3 is 2.56 bits per heavy atom. The molecule has 0 fully saturated rings. The number of esters is 1. The fourth-order valence-electron chi connectivity index (χ4n) is 3.92. The molecular weight excluding hydrogens is 456 g/mol. The first kappa shape index (κ1) is 23.1. The van der Waals surface area contributed by atoms with Crippen LogP contribution in [0, 0.1) is 6.92 Å². The number of nitrogens with zero attached hydrogens (tertiary/aromatic N) is 6. The summed E-state index contributed by atoms with van der Waals surface area (Å²) in [6.07, 6.45) is 2.93. The highest BCUT2D eigenvalue weighted by molar-refractivity contribution is 6.04.